The molecule has 0 bridgehead atoms. The lowest BCUT2D eigenvalue weighted by molar-refractivity contribution is -0.192. The molecule has 1 aliphatic rings. The molecule has 2 aromatic heterocycles. The van der Waals surface area contributed by atoms with Crippen molar-refractivity contribution in [2.45, 2.75) is 12.4 Å². The molecule has 0 radical (unpaired) electrons. The maximum atomic E-state index is 13.9. The van der Waals surface area contributed by atoms with E-state index in [1.54, 1.807) is 25.2 Å². The van der Waals surface area contributed by atoms with Crippen molar-refractivity contribution < 1.29 is 36.2 Å². The molecule has 1 fully saturated rings. The summed E-state index contributed by atoms with van der Waals surface area (Å²) >= 11 is 0. The number of pyridine rings is 1. The van der Waals surface area contributed by atoms with Crippen molar-refractivity contribution in [3.05, 3.63) is 35.9 Å². The summed E-state index contributed by atoms with van der Waals surface area (Å²) in [5.74, 6) is -2.28. The van der Waals surface area contributed by atoms with Crippen molar-refractivity contribution in [2.75, 3.05) is 56.2 Å². The van der Waals surface area contributed by atoms with Gasteiger partial charge in [0.2, 0.25) is 5.95 Å². The number of halogens is 6. The van der Waals surface area contributed by atoms with Crippen molar-refractivity contribution in [1.29, 1.82) is 0 Å². The molecular weight excluding hydrogens is 508 g/mol. The Morgan fingerprint density at radius 2 is 1.62 bits per heavy atom. The highest BCUT2D eigenvalue weighted by atomic mass is 19.4. The molecule has 4 N–H and O–H groups in total. The van der Waals surface area contributed by atoms with Gasteiger partial charge in [0.05, 0.1) is 16.6 Å². The summed E-state index contributed by atoms with van der Waals surface area (Å²) in [6, 6.07) is 7.50. The minimum atomic E-state index is -5.08. The number of nitrogens with one attached hydrogen (secondary N) is 1. The van der Waals surface area contributed by atoms with Crippen molar-refractivity contribution in [3.63, 3.8) is 0 Å². The molecule has 1 saturated heterocycles. The Bertz CT molecular complexity index is 1270. The number of fused-ring (bicyclic) bond motifs is 1. The average molecular weight is 531 g/mol. The lowest BCUT2D eigenvalue weighted by Gasteiger charge is -2.35. The Morgan fingerprint density at radius 3 is 2.16 bits per heavy atom. The standard InChI is InChI=1S/C20H22F3N7.C2HF3O2/c1-25-17-12-6-7-14(26-18(12)28-19(24)27-17)16-13(20(21,22)23)4-3-5-15(16)30-10-8-29(2)9-11-30;3-2(4,5)1(6)7/h3-7H,8-11H2,1-2H3,(H3,24,25,26,27,28);(H,6,7). The molecule has 0 saturated carbocycles. The van der Waals surface area contributed by atoms with Crippen molar-refractivity contribution >= 4 is 34.5 Å². The van der Waals surface area contributed by atoms with E-state index >= 15 is 0 Å². The van der Waals surface area contributed by atoms with Gasteiger partial charge in [0.25, 0.3) is 0 Å². The topological polar surface area (TPSA) is 120 Å². The van der Waals surface area contributed by atoms with Gasteiger partial charge in [0.1, 0.15) is 5.82 Å². The molecule has 0 atom stereocenters. The second-order valence-corrected chi connectivity index (χ2v) is 8.04. The Balaban J connectivity index is 0.000000479. The fraction of sp³-hybridized carbons (Fsp3) is 0.364. The molecule has 0 aliphatic carbocycles. The van der Waals surface area contributed by atoms with Gasteiger partial charge in [-0.1, -0.05) is 6.07 Å². The highest BCUT2D eigenvalue weighted by Crippen LogP contribution is 2.42. The van der Waals surface area contributed by atoms with E-state index in [9.17, 15) is 26.3 Å². The van der Waals surface area contributed by atoms with Gasteiger partial charge in [-0.25, -0.2) is 9.78 Å². The molecule has 0 amide bonds. The van der Waals surface area contributed by atoms with E-state index in [1.165, 1.54) is 6.07 Å². The van der Waals surface area contributed by atoms with E-state index in [-0.39, 0.29) is 22.9 Å². The molecule has 37 heavy (non-hydrogen) atoms. The first kappa shape index (κ1) is 27.7. The van der Waals surface area contributed by atoms with Crippen LogP contribution in [0.1, 0.15) is 5.56 Å². The number of benzene rings is 1. The van der Waals surface area contributed by atoms with Crippen LogP contribution >= 0.6 is 0 Å². The summed E-state index contributed by atoms with van der Waals surface area (Å²) in [5.41, 5.74) is 6.04. The number of rotatable bonds is 3. The van der Waals surface area contributed by atoms with Crippen LogP contribution in [-0.2, 0) is 11.0 Å². The minimum absolute atomic E-state index is 0.0000947. The zero-order valence-electron chi connectivity index (χ0n) is 19.7. The second kappa shape index (κ2) is 10.6. The number of piperazine rings is 1. The molecule has 0 unspecified atom stereocenters. The molecule has 9 nitrogen and oxygen atoms in total. The number of alkyl halides is 6. The smallest absolute Gasteiger partial charge is 0.475 e. The third kappa shape index (κ3) is 6.47. The summed E-state index contributed by atoms with van der Waals surface area (Å²) in [6.45, 7) is 2.82. The number of hydrogen-bond acceptors (Lipinski definition) is 8. The molecule has 200 valence electrons. The van der Waals surface area contributed by atoms with E-state index < -0.39 is 23.9 Å². The van der Waals surface area contributed by atoms with Gasteiger partial charge in [0, 0.05) is 44.5 Å². The Kier molecular flexibility index (Phi) is 7.95. The van der Waals surface area contributed by atoms with Crippen molar-refractivity contribution in [3.8, 4) is 11.3 Å². The Hall–Kier alpha value is -3.88. The van der Waals surface area contributed by atoms with E-state index in [1.807, 2.05) is 11.9 Å². The van der Waals surface area contributed by atoms with Gasteiger partial charge in [-0.3, -0.25) is 0 Å². The summed E-state index contributed by atoms with van der Waals surface area (Å²) < 4.78 is 73.5. The summed E-state index contributed by atoms with van der Waals surface area (Å²) in [5, 5.41) is 10.6. The van der Waals surface area contributed by atoms with Gasteiger partial charge in [0.15, 0.2) is 5.65 Å². The number of carboxylic acid groups (broad SMARTS) is 1. The van der Waals surface area contributed by atoms with Crippen LogP contribution in [-0.4, -0.2) is 77.4 Å². The van der Waals surface area contributed by atoms with E-state index in [0.29, 0.717) is 30.0 Å². The summed E-state index contributed by atoms with van der Waals surface area (Å²) in [6.07, 6.45) is -9.60. The number of nitrogens with two attached hydrogens (primary N) is 1. The van der Waals surface area contributed by atoms with Crippen LogP contribution in [0.15, 0.2) is 30.3 Å². The Labute approximate surface area is 206 Å². The van der Waals surface area contributed by atoms with E-state index in [2.05, 4.69) is 25.2 Å². The summed E-state index contributed by atoms with van der Waals surface area (Å²) in [4.78, 5) is 25.7. The molecule has 1 aromatic carbocycles. The monoisotopic (exact) mass is 531 g/mol. The molecule has 0 spiro atoms. The number of likely N-dealkylation sites (N-methyl/N-ethyl adjacent to an activating group) is 1. The third-order valence-electron chi connectivity index (χ3n) is 5.50. The van der Waals surface area contributed by atoms with Crippen LogP contribution in [0.5, 0.6) is 0 Å². The number of nitrogen functional groups attached to an aromatic ring is 1. The normalized spacial score (nSPS) is 14.8. The lowest BCUT2D eigenvalue weighted by Crippen LogP contribution is -2.44. The second-order valence-electron chi connectivity index (χ2n) is 8.04. The number of carbonyl (C=O) groups is 1. The minimum Gasteiger partial charge on any atom is -0.475 e. The predicted octanol–water partition coefficient (Wildman–Crippen LogP) is 3.72. The lowest BCUT2D eigenvalue weighted by atomic mass is 9.99. The number of aliphatic carboxylic acids is 1. The van der Waals surface area contributed by atoms with Crippen LogP contribution < -0.4 is 16.0 Å². The number of carboxylic acids is 1. The first-order chi connectivity index (χ1) is 17.2. The molecule has 1 aliphatic heterocycles. The fourth-order valence-electron chi connectivity index (χ4n) is 3.71. The zero-order valence-corrected chi connectivity index (χ0v) is 19.7. The predicted molar refractivity (Wildman–Crippen MR) is 125 cm³/mol. The van der Waals surface area contributed by atoms with E-state index in [4.69, 9.17) is 15.6 Å². The van der Waals surface area contributed by atoms with Gasteiger partial charge in [-0.2, -0.15) is 36.3 Å². The molecule has 3 heterocycles. The van der Waals surface area contributed by atoms with Crippen LogP contribution in [0.3, 0.4) is 0 Å². The van der Waals surface area contributed by atoms with Crippen LogP contribution in [0.2, 0.25) is 0 Å². The van der Waals surface area contributed by atoms with Gasteiger partial charge < -0.3 is 26.0 Å². The van der Waals surface area contributed by atoms with Gasteiger partial charge in [-0.15, -0.1) is 0 Å². The number of hydrogen-bond donors (Lipinski definition) is 3. The van der Waals surface area contributed by atoms with Crippen LogP contribution in [0, 0.1) is 0 Å². The Morgan fingerprint density at radius 1 is 1.00 bits per heavy atom. The van der Waals surface area contributed by atoms with Gasteiger partial charge in [-0.05, 0) is 31.3 Å². The number of aromatic nitrogens is 3. The summed E-state index contributed by atoms with van der Waals surface area (Å²) in [7, 11) is 3.68. The molecule has 3 aromatic rings. The third-order valence-corrected chi connectivity index (χ3v) is 5.50. The number of nitrogens with zero attached hydrogens (tertiary/aromatic N) is 5. The zero-order chi connectivity index (χ0) is 27.5. The van der Waals surface area contributed by atoms with Crippen molar-refractivity contribution in [1.82, 2.24) is 19.9 Å². The fourth-order valence-corrected chi connectivity index (χ4v) is 3.71. The SMILES string of the molecule is CNc1nc(N)nc2nc(-c3c(N4CCN(C)CC4)cccc3C(F)(F)F)ccc12.O=C(O)C(F)(F)F. The first-order valence-electron chi connectivity index (χ1n) is 10.8. The highest BCUT2D eigenvalue weighted by Gasteiger charge is 2.38. The number of anilines is 3. The van der Waals surface area contributed by atoms with Crippen LogP contribution in [0.4, 0.5) is 43.8 Å². The van der Waals surface area contributed by atoms with Crippen molar-refractivity contribution in [2.24, 2.45) is 0 Å². The largest absolute Gasteiger partial charge is 0.490 e. The molecule has 15 heteroatoms. The van der Waals surface area contributed by atoms with E-state index in [0.717, 1.165) is 19.2 Å². The quantitative estimate of drug-likeness (QED) is 0.435. The van der Waals surface area contributed by atoms with Crippen LogP contribution in [0.25, 0.3) is 22.3 Å². The first-order valence-corrected chi connectivity index (χ1v) is 10.8. The highest BCUT2D eigenvalue weighted by molar-refractivity contribution is 5.90. The van der Waals surface area contributed by atoms with Gasteiger partial charge >= 0.3 is 18.3 Å². The molecular formula is C22H23F6N7O2. The molecule has 4 rings (SSSR count). The average Bonchev–Trinajstić information content (AvgIpc) is 2.82. The maximum Gasteiger partial charge on any atom is 0.490 e. The maximum absolute atomic E-state index is 13.9.